The Morgan fingerprint density at radius 2 is 2.12 bits per heavy atom. The Kier molecular flexibility index (Phi) is 1.54. The van der Waals surface area contributed by atoms with E-state index >= 15 is 0 Å². The Bertz CT molecular complexity index is 80.6. The van der Waals surface area contributed by atoms with Gasteiger partial charge in [0.15, 0.2) is 0 Å². The summed E-state index contributed by atoms with van der Waals surface area (Å²) >= 11 is 0. The molecule has 2 nitrogen and oxygen atoms in total. The lowest BCUT2D eigenvalue weighted by Crippen LogP contribution is -2.18. The molecule has 0 saturated heterocycles. The standard InChI is InChI=1S/C6H14N2/c1-8(2)4-5-3-6(5)7/h5-6H,3-4,7H2,1-2H3/t5-,6+/m0/s1. The molecule has 0 spiro atoms. The molecule has 1 aliphatic rings. The highest BCUT2D eigenvalue weighted by molar-refractivity contribution is 4.91. The van der Waals surface area contributed by atoms with Crippen LogP contribution < -0.4 is 5.73 Å². The summed E-state index contributed by atoms with van der Waals surface area (Å²) in [5.74, 6) is 0.796. The van der Waals surface area contributed by atoms with Crippen molar-refractivity contribution < 1.29 is 0 Å². The third-order valence-corrected chi connectivity index (χ3v) is 1.58. The number of hydrogen-bond donors (Lipinski definition) is 1. The molecule has 0 radical (unpaired) electrons. The van der Waals surface area contributed by atoms with Crippen LogP contribution in [0.4, 0.5) is 0 Å². The van der Waals surface area contributed by atoms with Crippen LogP contribution in [-0.2, 0) is 0 Å². The van der Waals surface area contributed by atoms with Crippen molar-refractivity contribution in [1.82, 2.24) is 4.90 Å². The fraction of sp³-hybridized carbons (Fsp3) is 1.00. The fourth-order valence-electron chi connectivity index (χ4n) is 0.950. The summed E-state index contributed by atoms with van der Waals surface area (Å²) in [7, 11) is 4.18. The Hall–Kier alpha value is -0.0800. The first-order valence-electron chi connectivity index (χ1n) is 3.10. The van der Waals surface area contributed by atoms with Gasteiger partial charge in [-0.3, -0.25) is 0 Å². The van der Waals surface area contributed by atoms with E-state index in [2.05, 4.69) is 19.0 Å². The molecular weight excluding hydrogens is 100 g/mol. The highest BCUT2D eigenvalue weighted by Gasteiger charge is 2.33. The van der Waals surface area contributed by atoms with Gasteiger partial charge in [-0.05, 0) is 26.4 Å². The van der Waals surface area contributed by atoms with Gasteiger partial charge in [-0.25, -0.2) is 0 Å². The molecule has 2 N–H and O–H groups in total. The van der Waals surface area contributed by atoms with Gasteiger partial charge >= 0.3 is 0 Å². The topological polar surface area (TPSA) is 29.3 Å². The Labute approximate surface area is 50.7 Å². The lowest BCUT2D eigenvalue weighted by molar-refractivity contribution is 0.385. The Balaban J connectivity index is 2.05. The molecule has 2 heteroatoms. The van der Waals surface area contributed by atoms with E-state index in [0.29, 0.717) is 6.04 Å². The van der Waals surface area contributed by atoms with Crippen molar-refractivity contribution in [1.29, 1.82) is 0 Å². The summed E-state index contributed by atoms with van der Waals surface area (Å²) in [5, 5.41) is 0. The number of hydrogen-bond acceptors (Lipinski definition) is 2. The largest absolute Gasteiger partial charge is 0.327 e. The highest BCUT2D eigenvalue weighted by Crippen LogP contribution is 2.27. The Morgan fingerprint density at radius 1 is 1.62 bits per heavy atom. The lowest BCUT2D eigenvalue weighted by atomic mass is 10.4. The zero-order chi connectivity index (χ0) is 6.15. The minimum Gasteiger partial charge on any atom is -0.327 e. The van der Waals surface area contributed by atoms with Crippen molar-refractivity contribution >= 4 is 0 Å². The number of nitrogens with zero attached hydrogens (tertiary/aromatic N) is 1. The molecule has 48 valence electrons. The minimum absolute atomic E-state index is 0.511. The lowest BCUT2D eigenvalue weighted by Gasteiger charge is -2.06. The van der Waals surface area contributed by atoms with Crippen LogP contribution in [0.25, 0.3) is 0 Å². The zero-order valence-electron chi connectivity index (χ0n) is 5.59. The van der Waals surface area contributed by atoms with E-state index < -0.39 is 0 Å². The van der Waals surface area contributed by atoms with Gasteiger partial charge in [-0.1, -0.05) is 0 Å². The van der Waals surface area contributed by atoms with Crippen LogP contribution in [0.3, 0.4) is 0 Å². The third kappa shape index (κ3) is 1.46. The van der Waals surface area contributed by atoms with Crippen LogP contribution in [0, 0.1) is 5.92 Å². The molecule has 1 saturated carbocycles. The van der Waals surface area contributed by atoms with Gasteiger partial charge in [0.1, 0.15) is 0 Å². The van der Waals surface area contributed by atoms with Crippen molar-refractivity contribution in [2.75, 3.05) is 20.6 Å². The molecule has 1 aliphatic carbocycles. The molecule has 0 aliphatic heterocycles. The van der Waals surface area contributed by atoms with Crippen LogP contribution in [0.15, 0.2) is 0 Å². The summed E-state index contributed by atoms with van der Waals surface area (Å²) in [6, 6.07) is 0.511. The van der Waals surface area contributed by atoms with Crippen LogP contribution >= 0.6 is 0 Å². The maximum absolute atomic E-state index is 5.59. The molecule has 8 heavy (non-hydrogen) atoms. The SMILES string of the molecule is CN(C)C[C@@H]1C[C@H]1N. The minimum atomic E-state index is 0.511. The highest BCUT2D eigenvalue weighted by atomic mass is 15.1. The van der Waals surface area contributed by atoms with Gasteiger partial charge in [-0.2, -0.15) is 0 Å². The maximum atomic E-state index is 5.59. The van der Waals surface area contributed by atoms with Crippen LogP contribution in [-0.4, -0.2) is 31.6 Å². The van der Waals surface area contributed by atoms with E-state index in [1.165, 1.54) is 13.0 Å². The predicted octanol–water partition coefficient (Wildman–Crippen LogP) is -0.105. The quantitative estimate of drug-likeness (QED) is 0.543. The van der Waals surface area contributed by atoms with Gasteiger partial charge in [0.2, 0.25) is 0 Å². The van der Waals surface area contributed by atoms with E-state index in [4.69, 9.17) is 5.73 Å². The summed E-state index contributed by atoms with van der Waals surface area (Å²) in [4.78, 5) is 2.19. The van der Waals surface area contributed by atoms with Crippen molar-refractivity contribution in [3.8, 4) is 0 Å². The molecule has 0 bridgehead atoms. The van der Waals surface area contributed by atoms with Gasteiger partial charge in [-0.15, -0.1) is 0 Å². The van der Waals surface area contributed by atoms with Crippen molar-refractivity contribution in [3.05, 3.63) is 0 Å². The summed E-state index contributed by atoms with van der Waals surface area (Å²) in [5.41, 5.74) is 5.59. The summed E-state index contributed by atoms with van der Waals surface area (Å²) in [6.07, 6.45) is 1.23. The molecule has 0 amide bonds. The number of nitrogens with two attached hydrogens (primary N) is 1. The smallest absolute Gasteiger partial charge is 0.00836 e. The molecule has 0 aromatic rings. The molecule has 0 aromatic heterocycles. The predicted molar refractivity (Wildman–Crippen MR) is 34.6 cm³/mol. The van der Waals surface area contributed by atoms with Crippen LogP contribution in [0.5, 0.6) is 0 Å². The monoisotopic (exact) mass is 114 g/mol. The average molecular weight is 114 g/mol. The van der Waals surface area contributed by atoms with Crippen molar-refractivity contribution in [3.63, 3.8) is 0 Å². The maximum Gasteiger partial charge on any atom is 0.00836 e. The molecular formula is C6H14N2. The van der Waals surface area contributed by atoms with Crippen LogP contribution in [0.1, 0.15) is 6.42 Å². The first kappa shape index (κ1) is 6.05. The summed E-state index contributed by atoms with van der Waals surface area (Å²) in [6.45, 7) is 1.17. The second-order valence-corrected chi connectivity index (χ2v) is 2.92. The van der Waals surface area contributed by atoms with Crippen molar-refractivity contribution in [2.24, 2.45) is 11.7 Å². The van der Waals surface area contributed by atoms with E-state index in [9.17, 15) is 0 Å². The average Bonchev–Trinajstić information content (AvgIpc) is 2.17. The molecule has 2 atom stereocenters. The fourth-order valence-corrected chi connectivity index (χ4v) is 0.950. The van der Waals surface area contributed by atoms with E-state index in [1.807, 2.05) is 0 Å². The summed E-state index contributed by atoms with van der Waals surface area (Å²) < 4.78 is 0. The normalized spacial score (nSPS) is 36.0. The Morgan fingerprint density at radius 3 is 2.25 bits per heavy atom. The van der Waals surface area contributed by atoms with Crippen molar-refractivity contribution in [2.45, 2.75) is 12.5 Å². The van der Waals surface area contributed by atoms with Gasteiger partial charge < -0.3 is 10.6 Å². The molecule has 0 unspecified atom stereocenters. The molecule has 1 fully saturated rings. The van der Waals surface area contributed by atoms with Gasteiger partial charge in [0, 0.05) is 12.6 Å². The first-order valence-corrected chi connectivity index (χ1v) is 3.10. The van der Waals surface area contributed by atoms with E-state index in [-0.39, 0.29) is 0 Å². The zero-order valence-corrected chi connectivity index (χ0v) is 5.59. The number of rotatable bonds is 2. The van der Waals surface area contributed by atoms with E-state index in [0.717, 1.165) is 5.92 Å². The first-order chi connectivity index (χ1) is 3.70. The second-order valence-electron chi connectivity index (χ2n) is 2.92. The third-order valence-electron chi connectivity index (χ3n) is 1.58. The van der Waals surface area contributed by atoms with Gasteiger partial charge in [0.05, 0.1) is 0 Å². The van der Waals surface area contributed by atoms with E-state index in [1.54, 1.807) is 0 Å². The molecule has 0 heterocycles. The van der Waals surface area contributed by atoms with Crippen LogP contribution in [0.2, 0.25) is 0 Å². The van der Waals surface area contributed by atoms with Gasteiger partial charge in [0.25, 0.3) is 0 Å². The molecule has 0 aromatic carbocycles. The second kappa shape index (κ2) is 2.03. The molecule has 1 rings (SSSR count).